The van der Waals surface area contributed by atoms with Crippen molar-refractivity contribution < 1.29 is 9.15 Å². The van der Waals surface area contributed by atoms with Crippen LogP contribution in [0.2, 0.25) is 0 Å². The van der Waals surface area contributed by atoms with E-state index in [1.54, 1.807) is 6.26 Å². The van der Waals surface area contributed by atoms with E-state index < -0.39 is 0 Å². The fraction of sp³-hybridized carbons (Fsp3) is 0.714. The van der Waals surface area contributed by atoms with Gasteiger partial charge in [-0.3, -0.25) is 0 Å². The zero-order valence-corrected chi connectivity index (χ0v) is 10.9. The molecule has 0 aromatic carbocycles. The second-order valence-electron chi connectivity index (χ2n) is 5.75. The Hall–Kier alpha value is -0.800. The number of hydrogen-bond donors (Lipinski definition) is 1. The highest BCUT2D eigenvalue weighted by Gasteiger charge is 2.27. The highest BCUT2D eigenvalue weighted by atomic mass is 16.5. The van der Waals surface area contributed by atoms with Gasteiger partial charge >= 0.3 is 0 Å². The van der Waals surface area contributed by atoms with Gasteiger partial charge in [0, 0.05) is 12.1 Å². The first kappa shape index (κ1) is 12.7. The van der Waals surface area contributed by atoms with Gasteiger partial charge in [0.15, 0.2) is 0 Å². The van der Waals surface area contributed by atoms with Crippen LogP contribution in [0.4, 0.5) is 0 Å². The van der Waals surface area contributed by atoms with Crippen LogP contribution in [0.25, 0.3) is 0 Å². The van der Waals surface area contributed by atoms with Gasteiger partial charge in [0.05, 0.1) is 12.4 Å². The molecule has 0 aliphatic heterocycles. The molecule has 1 aliphatic carbocycles. The van der Waals surface area contributed by atoms with E-state index in [0.717, 1.165) is 24.2 Å². The first-order chi connectivity index (χ1) is 8.11. The molecule has 0 spiro atoms. The van der Waals surface area contributed by atoms with E-state index in [-0.39, 0.29) is 0 Å². The summed E-state index contributed by atoms with van der Waals surface area (Å²) in [6.07, 6.45) is 6.89. The van der Waals surface area contributed by atoms with Crippen LogP contribution in [-0.4, -0.2) is 6.10 Å². The lowest BCUT2D eigenvalue weighted by Gasteiger charge is -2.34. The van der Waals surface area contributed by atoms with Gasteiger partial charge in [0.1, 0.15) is 12.4 Å². The molecule has 1 aromatic heterocycles. The Kier molecular flexibility index (Phi) is 3.89. The predicted molar refractivity (Wildman–Crippen MR) is 67.4 cm³/mol. The van der Waals surface area contributed by atoms with E-state index in [1.807, 2.05) is 6.07 Å². The van der Waals surface area contributed by atoms with E-state index in [9.17, 15) is 0 Å². The summed E-state index contributed by atoms with van der Waals surface area (Å²) in [5.74, 6) is 0.886. The first-order valence-electron chi connectivity index (χ1n) is 6.48. The number of nitrogens with two attached hydrogens (primary N) is 1. The summed E-state index contributed by atoms with van der Waals surface area (Å²) < 4.78 is 11.3. The molecule has 3 nitrogen and oxygen atoms in total. The van der Waals surface area contributed by atoms with E-state index in [0.29, 0.717) is 24.7 Å². The summed E-state index contributed by atoms with van der Waals surface area (Å²) in [5, 5.41) is 0. The van der Waals surface area contributed by atoms with Gasteiger partial charge in [-0.2, -0.15) is 0 Å². The summed E-state index contributed by atoms with van der Waals surface area (Å²) in [6, 6.07) is 1.92. The normalized spacial score (nSPS) is 20.6. The Morgan fingerprint density at radius 1 is 1.41 bits per heavy atom. The van der Waals surface area contributed by atoms with Crippen molar-refractivity contribution in [3.8, 4) is 0 Å². The van der Waals surface area contributed by atoms with Gasteiger partial charge in [0.2, 0.25) is 0 Å². The third-order valence-corrected chi connectivity index (χ3v) is 3.79. The lowest BCUT2D eigenvalue weighted by molar-refractivity contribution is -0.0123. The fourth-order valence-corrected chi connectivity index (χ4v) is 2.41. The van der Waals surface area contributed by atoms with Crippen LogP contribution in [0, 0.1) is 5.41 Å². The van der Waals surface area contributed by atoms with Gasteiger partial charge in [-0.25, -0.2) is 0 Å². The highest BCUT2D eigenvalue weighted by Crippen LogP contribution is 2.36. The summed E-state index contributed by atoms with van der Waals surface area (Å²) in [4.78, 5) is 0. The third-order valence-electron chi connectivity index (χ3n) is 3.79. The number of rotatable bonds is 4. The van der Waals surface area contributed by atoms with Crippen LogP contribution < -0.4 is 5.73 Å². The molecule has 1 saturated carbocycles. The van der Waals surface area contributed by atoms with Crippen molar-refractivity contribution in [1.29, 1.82) is 0 Å². The molecular weight excluding hydrogens is 214 g/mol. The van der Waals surface area contributed by atoms with Crippen molar-refractivity contribution in [2.24, 2.45) is 11.1 Å². The minimum absolute atomic E-state index is 0.388. The quantitative estimate of drug-likeness (QED) is 0.874. The molecule has 0 bridgehead atoms. The average Bonchev–Trinajstić information content (AvgIpc) is 2.75. The molecule has 0 radical (unpaired) electrons. The van der Waals surface area contributed by atoms with Gasteiger partial charge < -0.3 is 14.9 Å². The molecule has 2 rings (SSSR count). The Labute approximate surface area is 103 Å². The molecule has 0 amide bonds. The maximum atomic E-state index is 5.91. The minimum atomic E-state index is 0.388. The largest absolute Gasteiger partial charge is 0.467 e. The van der Waals surface area contributed by atoms with E-state index in [2.05, 4.69) is 13.8 Å². The minimum Gasteiger partial charge on any atom is -0.467 e. The molecule has 1 fully saturated rings. The Morgan fingerprint density at radius 3 is 2.76 bits per heavy atom. The molecule has 0 saturated heterocycles. The Morgan fingerprint density at radius 2 is 2.12 bits per heavy atom. The number of ether oxygens (including phenoxy) is 1. The molecule has 0 unspecified atom stereocenters. The van der Waals surface area contributed by atoms with Crippen LogP contribution in [-0.2, 0) is 17.9 Å². The van der Waals surface area contributed by atoms with Crippen LogP contribution in [0.5, 0.6) is 0 Å². The van der Waals surface area contributed by atoms with Crippen LogP contribution in [0.1, 0.15) is 50.9 Å². The third kappa shape index (κ3) is 3.33. The molecule has 1 aromatic rings. The van der Waals surface area contributed by atoms with E-state index in [1.165, 1.54) is 12.8 Å². The molecule has 1 heterocycles. The maximum Gasteiger partial charge on any atom is 0.133 e. The molecule has 17 heavy (non-hydrogen) atoms. The zero-order valence-electron chi connectivity index (χ0n) is 10.9. The van der Waals surface area contributed by atoms with Gasteiger partial charge in [-0.15, -0.1) is 0 Å². The van der Waals surface area contributed by atoms with Crippen molar-refractivity contribution in [1.82, 2.24) is 0 Å². The fourth-order valence-electron chi connectivity index (χ4n) is 2.41. The first-order valence-corrected chi connectivity index (χ1v) is 6.48. The molecular formula is C14H23NO2. The topological polar surface area (TPSA) is 48.4 Å². The average molecular weight is 237 g/mol. The van der Waals surface area contributed by atoms with Crippen molar-refractivity contribution in [3.05, 3.63) is 23.7 Å². The SMILES string of the molecule is CC1(C)CCC(OCc2occc2CN)CC1. The molecule has 3 heteroatoms. The summed E-state index contributed by atoms with van der Waals surface area (Å²) >= 11 is 0. The van der Waals surface area contributed by atoms with E-state index in [4.69, 9.17) is 14.9 Å². The van der Waals surface area contributed by atoms with Crippen molar-refractivity contribution in [2.75, 3.05) is 0 Å². The van der Waals surface area contributed by atoms with E-state index >= 15 is 0 Å². The van der Waals surface area contributed by atoms with Crippen LogP contribution >= 0.6 is 0 Å². The van der Waals surface area contributed by atoms with Gasteiger partial charge in [-0.05, 0) is 37.2 Å². The standard InChI is InChI=1S/C14H23NO2/c1-14(2)6-3-12(4-7-14)17-10-13-11(9-15)5-8-16-13/h5,8,12H,3-4,6-7,9-10,15H2,1-2H3. The van der Waals surface area contributed by atoms with Crippen molar-refractivity contribution in [2.45, 2.75) is 58.8 Å². The Balaban J connectivity index is 1.80. The second kappa shape index (κ2) is 5.23. The molecule has 0 atom stereocenters. The summed E-state index contributed by atoms with van der Waals surface area (Å²) in [6.45, 7) is 5.75. The van der Waals surface area contributed by atoms with Crippen molar-refractivity contribution in [3.63, 3.8) is 0 Å². The number of hydrogen-bond acceptors (Lipinski definition) is 3. The molecule has 1 aliphatic rings. The van der Waals surface area contributed by atoms with Gasteiger partial charge in [-0.1, -0.05) is 13.8 Å². The number of furan rings is 1. The van der Waals surface area contributed by atoms with Crippen molar-refractivity contribution >= 4 is 0 Å². The summed E-state index contributed by atoms with van der Waals surface area (Å²) in [5.41, 5.74) is 7.17. The van der Waals surface area contributed by atoms with Crippen LogP contribution in [0.15, 0.2) is 16.7 Å². The predicted octanol–water partition coefficient (Wildman–Crippen LogP) is 3.22. The lowest BCUT2D eigenvalue weighted by atomic mass is 9.76. The highest BCUT2D eigenvalue weighted by molar-refractivity contribution is 5.15. The monoisotopic (exact) mass is 237 g/mol. The zero-order chi connectivity index (χ0) is 12.3. The maximum absolute atomic E-state index is 5.91. The smallest absolute Gasteiger partial charge is 0.133 e. The van der Waals surface area contributed by atoms with Crippen LogP contribution in [0.3, 0.4) is 0 Å². The Bertz CT molecular complexity index is 347. The molecule has 2 N–H and O–H groups in total. The van der Waals surface area contributed by atoms with Gasteiger partial charge in [0.25, 0.3) is 0 Å². The lowest BCUT2D eigenvalue weighted by Crippen LogP contribution is -2.26. The summed E-state index contributed by atoms with van der Waals surface area (Å²) in [7, 11) is 0. The molecule has 96 valence electrons. The second-order valence-corrected chi connectivity index (χ2v) is 5.75.